The number of aliphatic hydroxyl groups excluding tert-OH is 1. The molecule has 5 rings (SSSR count). The minimum atomic E-state index is -1.41. The standard InChI is InChI=1S/C26H27F3N6O3/c1-26(2,37)24(36)20-10-19-21(12-30-20)32-23(15-11-31-35(13-15)14-27)25(33-19)34-7-5-17(6-8-34)38-22-4-3-16(28)9-18(22)29/h3-4,9-13,17,24,36-37H,5-8,14H2,1-2H3/t24-/m1/s1. The highest BCUT2D eigenvalue weighted by atomic mass is 19.1. The summed E-state index contributed by atoms with van der Waals surface area (Å²) in [6.45, 7) is 3.18. The van der Waals surface area contributed by atoms with Crippen LogP contribution in [-0.2, 0) is 6.80 Å². The first-order chi connectivity index (χ1) is 18.1. The number of alkyl halides is 1. The van der Waals surface area contributed by atoms with Gasteiger partial charge < -0.3 is 19.8 Å². The highest BCUT2D eigenvalue weighted by molar-refractivity contribution is 5.83. The van der Waals surface area contributed by atoms with Gasteiger partial charge in [0.15, 0.2) is 24.2 Å². The topological polar surface area (TPSA) is 109 Å². The second-order valence-electron chi connectivity index (χ2n) is 9.82. The number of hydrogen-bond acceptors (Lipinski definition) is 8. The number of hydrogen-bond donors (Lipinski definition) is 2. The molecule has 0 aliphatic carbocycles. The van der Waals surface area contributed by atoms with Gasteiger partial charge in [0.25, 0.3) is 0 Å². The summed E-state index contributed by atoms with van der Waals surface area (Å²) in [5, 5.41) is 24.7. The maximum atomic E-state index is 14.1. The number of aliphatic hydroxyl groups is 2. The zero-order valence-corrected chi connectivity index (χ0v) is 20.9. The summed E-state index contributed by atoms with van der Waals surface area (Å²) >= 11 is 0. The van der Waals surface area contributed by atoms with Crippen molar-refractivity contribution in [1.82, 2.24) is 24.7 Å². The van der Waals surface area contributed by atoms with Crippen molar-refractivity contribution in [3.8, 4) is 17.0 Å². The van der Waals surface area contributed by atoms with E-state index >= 15 is 0 Å². The van der Waals surface area contributed by atoms with Crippen LogP contribution in [0.5, 0.6) is 5.75 Å². The molecule has 4 aromatic rings. The molecule has 1 saturated heterocycles. The van der Waals surface area contributed by atoms with E-state index in [0.29, 0.717) is 54.0 Å². The molecule has 1 atom stereocenters. The number of piperidine rings is 1. The predicted octanol–water partition coefficient (Wildman–Crippen LogP) is 3.95. The summed E-state index contributed by atoms with van der Waals surface area (Å²) in [6, 6.07) is 4.80. The lowest BCUT2D eigenvalue weighted by molar-refractivity contribution is -0.0516. The van der Waals surface area contributed by atoms with E-state index in [1.807, 2.05) is 4.90 Å². The van der Waals surface area contributed by atoms with Crippen molar-refractivity contribution in [2.75, 3.05) is 18.0 Å². The van der Waals surface area contributed by atoms with E-state index in [1.54, 1.807) is 6.07 Å². The zero-order chi connectivity index (χ0) is 27.0. The van der Waals surface area contributed by atoms with E-state index in [2.05, 4.69) is 10.1 Å². The van der Waals surface area contributed by atoms with Gasteiger partial charge in [-0.1, -0.05) is 0 Å². The van der Waals surface area contributed by atoms with Gasteiger partial charge in [-0.15, -0.1) is 0 Å². The average Bonchev–Trinajstić information content (AvgIpc) is 3.38. The Morgan fingerprint density at radius 1 is 1.11 bits per heavy atom. The Morgan fingerprint density at radius 3 is 2.53 bits per heavy atom. The van der Waals surface area contributed by atoms with Crippen LogP contribution in [0, 0.1) is 11.6 Å². The monoisotopic (exact) mass is 528 g/mol. The Hall–Kier alpha value is -3.77. The van der Waals surface area contributed by atoms with Crippen LogP contribution in [0.15, 0.2) is 42.9 Å². The predicted molar refractivity (Wildman–Crippen MR) is 133 cm³/mol. The summed E-state index contributed by atoms with van der Waals surface area (Å²) in [5.74, 6) is -0.897. The molecule has 38 heavy (non-hydrogen) atoms. The summed E-state index contributed by atoms with van der Waals surface area (Å²) in [6.07, 6.45) is 4.07. The van der Waals surface area contributed by atoms with E-state index in [0.717, 1.165) is 16.8 Å². The molecule has 4 heterocycles. The van der Waals surface area contributed by atoms with Crippen LogP contribution < -0.4 is 9.64 Å². The smallest absolute Gasteiger partial charge is 0.181 e. The van der Waals surface area contributed by atoms with Crippen molar-refractivity contribution >= 4 is 16.9 Å². The zero-order valence-electron chi connectivity index (χ0n) is 20.9. The lowest BCUT2D eigenvalue weighted by Crippen LogP contribution is -2.39. The van der Waals surface area contributed by atoms with Crippen LogP contribution in [0.1, 0.15) is 38.5 Å². The molecule has 1 aliphatic rings. The number of ether oxygens (including phenoxy) is 1. The van der Waals surface area contributed by atoms with Crippen LogP contribution in [0.25, 0.3) is 22.3 Å². The molecule has 0 saturated carbocycles. The lowest BCUT2D eigenvalue weighted by atomic mass is 9.98. The number of halogens is 3. The summed E-state index contributed by atoms with van der Waals surface area (Å²) < 4.78 is 47.4. The Bertz CT molecular complexity index is 1450. The molecule has 2 N–H and O–H groups in total. The SMILES string of the molecule is CC(C)(O)[C@H](O)c1cc2nc(N3CCC(Oc4ccc(F)cc4F)CC3)c(-c3cnn(CF)c3)nc2cn1. The molecule has 1 fully saturated rings. The van der Waals surface area contributed by atoms with E-state index in [1.165, 1.54) is 38.5 Å². The van der Waals surface area contributed by atoms with Crippen LogP contribution in [0.3, 0.4) is 0 Å². The molecule has 0 spiro atoms. The highest BCUT2D eigenvalue weighted by Crippen LogP contribution is 2.33. The molecule has 12 heteroatoms. The Labute approximate surface area is 216 Å². The molecular weight excluding hydrogens is 501 g/mol. The first-order valence-corrected chi connectivity index (χ1v) is 12.2. The van der Waals surface area contributed by atoms with E-state index in [9.17, 15) is 23.4 Å². The Morgan fingerprint density at radius 2 is 1.87 bits per heavy atom. The Balaban J connectivity index is 1.46. The number of benzene rings is 1. The first-order valence-electron chi connectivity index (χ1n) is 12.2. The van der Waals surface area contributed by atoms with Gasteiger partial charge in [0.05, 0.1) is 29.2 Å². The number of nitrogens with zero attached hydrogens (tertiary/aromatic N) is 6. The number of fused-ring (bicyclic) bond motifs is 1. The van der Waals surface area contributed by atoms with Crippen molar-refractivity contribution in [3.63, 3.8) is 0 Å². The second kappa shape index (κ2) is 10.2. The fraction of sp³-hybridized carbons (Fsp3) is 0.385. The molecule has 3 aromatic heterocycles. The minimum absolute atomic E-state index is 0.0000620. The summed E-state index contributed by atoms with van der Waals surface area (Å²) in [5.41, 5.74) is 0.800. The third kappa shape index (κ3) is 5.27. The van der Waals surface area contributed by atoms with Crippen molar-refractivity contribution < 1.29 is 28.1 Å². The average molecular weight is 529 g/mol. The number of aromatic nitrogens is 5. The van der Waals surface area contributed by atoms with Gasteiger partial charge >= 0.3 is 0 Å². The van der Waals surface area contributed by atoms with Crippen molar-refractivity contribution in [2.24, 2.45) is 0 Å². The summed E-state index contributed by atoms with van der Waals surface area (Å²) in [7, 11) is 0. The van der Waals surface area contributed by atoms with Crippen molar-refractivity contribution in [3.05, 3.63) is 60.2 Å². The molecule has 0 amide bonds. The molecule has 0 bridgehead atoms. The maximum absolute atomic E-state index is 14.1. The van der Waals surface area contributed by atoms with Gasteiger partial charge in [0.2, 0.25) is 0 Å². The minimum Gasteiger partial charge on any atom is -0.487 e. The van der Waals surface area contributed by atoms with Crippen LogP contribution in [0.4, 0.5) is 19.0 Å². The van der Waals surface area contributed by atoms with Gasteiger partial charge in [0, 0.05) is 43.8 Å². The van der Waals surface area contributed by atoms with Crippen LogP contribution in [0.2, 0.25) is 0 Å². The third-order valence-corrected chi connectivity index (χ3v) is 6.46. The number of pyridine rings is 1. The molecule has 200 valence electrons. The van der Waals surface area contributed by atoms with E-state index in [-0.39, 0.29) is 17.5 Å². The quantitative estimate of drug-likeness (QED) is 0.371. The normalized spacial score (nSPS) is 15.7. The maximum Gasteiger partial charge on any atom is 0.181 e. The van der Waals surface area contributed by atoms with Crippen molar-refractivity contribution in [1.29, 1.82) is 0 Å². The fourth-order valence-electron chi connectivity index (χ4n) is 4.38. The van der Waals surface area contributed by atoms with Gasteiger partial charge in [-0.3, -0.25) is 4.98 Å². The van der Waals surface area contributed by atoms with Crippen LogP contribution in [-0.4, -0.2) is 59.7 Å². The van der Waals surface area contributed by atoms with E-state index in [4.69, 9.17) is 14.7 Å². The summed E-state index contributed by atoms with van der Waals surface area (Å²) in [4.78, 5) is 15.8. The van der Waals surface area contributed by atoms with Gasteiger partial charge in [-0.2, -0.15) is 5.10 Å². The molecule has 0 radical (unpaired) electrons. The second-order valence-corrected chi connectivity index (χ2v) is 9.82. The highest BCUT2D eigenvalue weighted by Gasteiger charge is 2.29. The largest absolute Gasteiger partial charge is 0.487 e. The number of anilines is 1. The van der Waals surface area contributed by atoms with Crippen molar-refractivity contribution in [2.45, 2.75) is 51.3 Å². The Kier molecular flexibility index (Phi) is 6.93. The van der Waals surface area contributed by atoms with Gasteiger partial charge in [-0.05, 0) is 32.0 Å². The molecule has 9 nitrogen and oxygen atoms in total. The fourth-order valence-corrected chi connectivity index (χ4v) is 4.38. The van der Waals surface area contributed by atoms with Gasteiger partial charge in [-0.25, -0.2) is 27.8 Å². The molecular formula is C26H27F3N6O3. The van der Waals surface area contributed by atoms with E-state index < -0.39 is 30.1 Å². The lowest BCUT2D eigenvalue weighted by Gasteiger charge is -2.33. The number of rotatable bonds is 7. The van der Waals surface area contributed by atoms with Gasteiger partial charge in [0.1, 0.15) is 29.2 Å². The van der Waals surface area contributed by atoms with Crippen LogP contribution >= 0.6 is 0 Å². The molecule has 0 unspecified atom stereocenters. The first kappa shape index (κ1) is 25.9. The third-order valence-electron chi connectivity index (χ3n) is 6.46. The molecule has 1 aliphatic heterocycles. The molecule has 1 aromatic carbocycles.